The molecule has 1 amide bonds. The smallest absolute Gasteiger partial charge is 0.240 e. The number of amides is 1. The van der Waals surface area contributed by atoms with Gasteiger partial charge >= 0.3 is 0 Å². The molecule has 0 radical (unpaired) electrons. The number of para-hydroxylation sites is 1. The molecule has 0 spiro atoms. The Kier molecular flexibility index (Phi) is 6.57. The Bertz CT molecular complexity index is 1180. The molecule has 0 aliphatic carbocycles. The lowest BCUT2D eigenvalue weighted by Crippen LogP contribution is -2.56. The first-order chi connectivity index (χ1) is 15.5. The van der Waals surface area contributed by atoms with Crippen LogP contribution in [-0.2, 0) is 11.2 Å². The van der Waals surface area contributed by atoms with Gasteiger partial charge in [-0.2, -0.15) is 0 Å². The van der Waals surface area contributed by atoms with Gasteiger partial charge in [-0.1, -0.05) is 54.6 Å². The molecule has 0 aliphatic rings. The second kappa shape index (κ2) is 9.71. The van der Waals surface area contributed by atoms with Gasteiger partial charge in [-0.15, -0.1) is 0 Å². The van der Waals surface area contributed by atoms with E-state index in [4.69, 9.17) is 4.42 Å². The van der Waals surface area contributed by atoms with E-state index in [1.807, 2.05) is 92.9 Å². The molecule has 0 saturated heterocycles. The number of benzene rings is 2. The van der Waals surface area contributed by atoms with Crippen molar-refractivity contribution in [2.45, 2.75) is 31.8 Å². The van der Waals surface area contributed by atoms with Crippen LogP contribution >= 0.6 is 0 Å². The van der Waals surface area contributed by atoms with E-state index in [0.717, 1.165) is 27.8 Å². The first kappa shape index (κ1) is 21.7. The minimum atomic E-state index is -0.804. The molecule has 2 unspecified atom stereocenters. The van der Waals surface area contributed by atoms with E-state index in [0.29, 0.717) is 13.0 Å². The number of hydrogen-bond acceptors (Lipinski definition) is 3. The Morgan fingerprint density at radius 2 is 1.88 bits per heavy atom. The van der Waals surface area contributed by atoms with Gasteiger partial charge in [-0.05, 0) is 49.2 Å². The summed E-state index contributed by atoms with van der Waals surface area (Å²) in [6.45, 7) is 4.51. The third-order valence-corrected chi connectivity index (χ3v) is 5.80. The second-order valence-electron chi connectivity index (χ2n) is 8.27. The molecule has 32 heavy (non-hydrogen) atoms. The maximum atomic E-state index is 13.5. The number of aromatic nitrogens is 1. The van der Waals surface area contributed by atoms with Crippen molar-refractivity contribution in [1.29, 1.82) is 0 Å². The van der Waals surface area contributed by atoms with Gasteiger partial charge in [0.05, 0.1) is 17.8 Å². The zero-order valence-corrected chi connectivity index (χ0v) is 18.5. The third kappa shape index (κ3) is 5.01. The fourth-order valence-corrected chi connectivity index (χ4v) is 3.91. The summed E-state index contributed by atoms with van der Waals surface area (Å²) >= 11 is 0. The predicted molar refractivity (Wildman–Crippen MR) is 129 cm³/mol. The highest BCUT2D eigenvalue weighted by Crippen LogP contribution is 2.24. The van der Waals surface area contributed by atoms with Gasteiger partial charge in [-0.3, -0.25) is 10.1 Å². The van der Waals surface area contributed by atoms with E-state index >= 15 is 0 Å². The molecule has 2 heterocycles. The van der Waals surface area contributed by atoms with E-state index in [2.05, 4.69) is 21.7 Å². The number of nitrogens with one attached hydrogen (secondary N) is 3. The van der Waals surface area contributed by atoms with Crippen LogP contribution < -0.4 is 10.6 Å². The summed E-state index contributed by atoms with van der Waals surface area (Å²) in [5.74, 6) is 0.748. The van der Waals surface area contributed by atoms with Crippen LogP contribution in [0.25, 0.3) is 17.0 Å². The maximum absolute atomic E-state index is 13.5. The minimum Gasteiger partial charge on any atom is -0.465 e. The van der Waals surface area contributed by atoms with Crippen LogP contribution in [0, 0.1) is 0 Å². The Morgan fingerprint density at radius 1 is 1.09 bits per heavy atom. The van der Waals surface area contributed by atoms with Crippen LogP contribution in [0.4, 0.5) is 0 Å². The van der Waals surface area contributed by atoms with Crippen molar-refractivity contribution in [1.82, 2.24) is 15.6 Å². The summed E-state index contributed by atoms with van der Waals surface area (Å²) in [5.41, 5.74) is 2.45. The molecular weight excluding hydrogens is 398 g/mol. The number of carbonyl (C=O) groups is 1. The lowest BCUT2D eigenvalue weighted by atomic mass is 9.90. The van der Waals surface area contributed by atoms with Crippen LogP contribution in [0.3, 0.4) is 0 Å². The van der Waals surface area contributed by atoms with Gasteiger partial charge in [0.1, 0.15) is 5.76 Å². The predicted octanol–water partition coefficient (Wildman–Crippen LogP) is 5.24. The quantitative estimate of drug-likeness (QED) is 0.342. The monoisotopic (exact) mass is 427 g/mol. The normalized spacial score (nSPS) is 14.4. The molecule has 0 saturated carbocycles. The van der Waals surface area contributed by atoms with E-state index in [1.54, 1.807) is 6.26 Å². The second-order valence-corrected chi connectivity index (χ2v) is 8.27. The first-order valence-electron chi connectivity index (χ1n) is 10.9. The topological polar surface area (TPSA) is 70.1 Å². The fraction of sp³-hybridized carbons (Fsp3) is 0.222. The highest BCUT2D eigenvalue weighted by Gasteiger charge is 2.34. The Balaban J connectivity index is 1.53. The standard InChI is InChI=1S/C27H29N3O2/c1-20(21-10-4-3-5-11-21)30-26(31)27(2,29-16-8-12-23-13-9-17-32-23)18-22-19-28-25-15-7-6-14-24(22)25/h3-15,17,19-20,28-29H,16,18H2,1-2H3,(H,30,31)/b12-8+. The number of rotatable bonds is 9. The maximum Gasteiger partial charge on any atom is 0.240 e. The summed E-state index contributed by atoms with van der Waals surface area (Å²) in [6, 6.07) is 21.8. The number of furan rings is 1. The van der Waals surface area contributed by atoms with Crippen LogP contribution in [0.5, 0.6) is 0 Å². The third-order valence-electron chi connectivity index (χ3n) is 5.80. The van der Waals surface area contributed by atoms with Crippen molar-refractivity contribution >= 4 is 22.9 Å². The zero-order chi connectivity index (χ0) is 22.4. The van der Waals surface area contributed by atoms with E-state index in [1.165, 1.54) is 0 Å². The Morgan fingerprint density at radius 3 is 2.66 bits per heavy atom. The molecule has 0 fully saturated rings. The zero-order valence-electron chi connectivity index (χ0n) is 18.5. The SMILES string of the molecule is CC(NC(=O)C(C)(Cc1c[nH]c2ccccc12)NC/C=C/c1ccco1)c1ccccc1. The Hall–Kier alpha value is -3.57. The van der Waals surface area contributed by atoms with Crippen molar-refractivity contribution < 1.29 is 9.21 Å². The Labute approximate surface area is 188 Å². The number of carbonyl (C=O) groups excluding carboxylic acids is 1. The molecule has 4 aromatic rings. The van der Waals surface area contributed by atoms with E-state index in [9.17, 15) is 4.79 Å². The molecule has 0 bridgehead atoms. The lowest BCUT2D eigenvalue weighted by Gasteiger charge is -2.31. The van der Waals surface area contributed by atoms with E-state index < -0.39 is 5.54 Å². The average Bonchev–Trinajstić information content (AvgIpc) is 3.48. The molecule has 2 aromatic carbocycles. The molecule has 3 N–H and O–H groups in total. The number of aromatic amines is 1. The van der Waals surface area contributed by atoms with Gasteiger partial charge in [0.25, 0.3) is 0 Å². The van der Waals surface area contributed by atoms with E-state index in [-0.39, 0.29) is 11.9 Å². The summed E-state index contributed by atoms with van der Waals surface area (Å²) in [7, 11) is 0. The molecule has 5 nitrogen and oxygen atoms in total. The van der Waals surface area contributed by atoms with Crippen LogP contribution in [0.15, 0.2) is 89.7 Å². The summed E-state index contributed by atoms with van der Waals surface area (Å²) in [6.07, 6.45) is 8.08. The van der Waals surface area contributed by atoms with Crippen molar-refractivity contribution in [2.24, 2.45) is 0 Å². The first-order valence-corrected chi connectivity index (χ1v) is 10.9. The summed E-state index contributed by atoms with van der Waals surface area (Å²) in [4.78, 5) is 16.8. The lowest BCUT2D eigenvalue weighted by molar-refractivity contribution is -0.127. The molecule has 5 heteroatoms. The van der Waals surface area contributed by atoms with Gasteiger partial charge in [0.2, 0.25) is 5.91 Å². The molecule has 164 valence electrons. The highest BCUT2D eigenvalue weighted by molar-refractivity contribution is 5.89. The van der Waals surface area contributed by atoms with Gasteiger partial charge in [0.15, 0.2) is 0 Å². The molecule has 2 aromatic heterocycles. The summed E-state index contributed by atoms with van der Waals surface area (Å²) in [5, 5.41) is 7.80. The van der Waals surface area contributed by atoms with Gasteiger partial charge in [-0.25, -0.2) is 0 Å². The van der Waals surface area contributed by atoms with Crippen molar-refractivity contribution in [3.63, 3.8) is 0 Å². The largest absolute Gasteiger partial charge is 0.465 e. The minimum absolute atomic E-state index is 0.0365. The molecular formula is C27H29N3O2. The molecule has 4 rings (SSSR count). The molecule has 2 atom stereocenters. The average molecular weight is 428 g/mol. The van der Waals surface area contributed by atoms with Crippen LogP contribution in [-0.4, -0.2) is 23.0 Å². The molecule has 0 aliphatic heterocycles. The number of fused-ring (bicyclic) bond motifs is 1. The highest BCUT2D eigenvalue weighted by atomic mass is 16.3. The number of hydrogen-bond donors (Lipinski definition) is 3. The van der Waals surface area contributed by atoms with Crippen LogP contribution in [0.2, 0.25) is 0 Å². The van der Waals surface area contributed by atoms with Gasteiger partial charge in [0, 0.05) is 30.1 Å². The fourth-order valence-electron chi connectivity index (χ4n) is 3.91. The van der Waals surface area contributed by atoms with Gasteiger partial charge < -0.3 is 14.7 Å². The van der Waals surface area contributed by atoms with Crippen LogP contribution in [0.1, 0.15) is 36.8 Å². The van der Waals surface area contributed by atoms with Crippen molar-refractivity contribution in [2.75, 3.05) is 6.54 Å². The number of H-pyrrole nitrogens is 1. The van der Waals surface area contributed by atoms with Crippen molar-refractivity contribution in [3.8, 4) is 0 Å². The van der Waals surface area contributed by atoms with Crippen molar-refractivity contribution in [3.05, 3.63) is 102 Å². The summed E-state index contributed by atoms with van der Waals surface area (Å²) < 4.78 is 5.35.